The maximum Gasteiger partial charge on any atom is 0.494 e. The van der Waals surface area contributed by atoms with Crippen LogP contribution < -0.4 is 10.8 Å². The maximum atomic E-state index is 7.37. The highest BCUT2D eigenvalue weighted by Gasteiger charge is 2.51. The van der Waals surface area contributed by atoms with E-state index >= 15 is 0 Å². The van der Waals surface area contributed by atoms with Gasteiger partial charge in [0.25, 0.3) is 0 Å². The van der Waals surface area contributed by atoms with Crippen LogP contribution in [0.3, 0.4) is 0 Å². The van der Waals surface area contributed by atoms with E-state index in [0.717, 1.165) is 16.7 Å². The summed E-state index contributed by atoms with van der Waals surface area (Å²) in [7, 11) is 1.48. The van der Waals surface area contributed by atoms with Crippen molar-refractivity contribution in [1.29, 1.82) is 5.41 Å². The zero-order valence-electron chi connectivity index (χ0n) is 12.2. The van der Waals surface area contributed by atoms with Crippen LogP contribution in [0.25, 0.3) is 0 Å². The van der Waals surface area contributed by atoms with Crippen molar-refractivity contribution in [2.24, 2.45) is 0 Å². The molecule has 1 heterocycles. The predicted molar refractivity (Wildman–Crippen MR) is 79.6 cm³/mol. The molecular formula is C14H21BN2O2. The van der Waals surface area contributed by atoms with Gasteiger partial charge < -0.3 is 20.0 Å². The first-order valence-electron chi connectivity index (χ1n) is 6.48. The fourth-order valence-electron chi connectivity index (χ4n) is 2.04. The molecule has 2 rings (SSSR count). The Morgan fingerprint density at radius 1 is 1.16 bits per heavy atom. The van der Waals surface area contributed by atoms with Gasteiger partial charge in [0.2, 0.25) is 0 Å². The van der Waals surface area contributed by atoms with Crippen molar-refractivity contribution in [2.45, 2.75) is 38.9 Å². The molecule has 102 valence electrons. The average molecular weight is 260 g/mol. The molecule has 0 unspecified atom stereocenters. The Hall–Kier alpha value is -1.33. The number of benzene rings is 1. The molecule has 1 fully saturated rings. The molecule has 4 nitrogen and oxygen atoms in total. The fourth-order valence-corrected chi connectivity index (χ4v) is 2.04. The van der Waals surface area contributed by atoms with Crippen molar-refractivity contribution in [3.8, 4) is 0 Å². The fraction of sp³-hybridized carbons (Fsp3) is 0.500. The van der Waals surface area contributed by atoms with Crippen LogP contribution in [0.2, 0.25) is 0 Å². The molecule has 1 aromatic carbocycles. The van der Waals surface area contributed by atoms with Crippen molar-refractivity contribution in [1.82, 2.24) is 0 Å². The summed E-state index contributed by atoms with van der Waals surface area (Å²) in [6, 6.07) is 5.82. The monoisotopic (exact) mass is 260 g/mol. The first-order chi connectivity index (χ1) is 8.80. The van der Waals surface area contributed by atoms with Crippen LogP contribution in [0, 0.1) is 5.41 Å². The van der Waals surface area contributed by atoms with Crippen LogP contribution >= 0.6 is 0 Å². The van der Waals surface area contributed by atoms with E-state index in [1.165, 1.54) is 6.21 Å². The van der Waals surface area contributed by atoms with Crippen molar-refractivity contribution in [3.63, 3.8) is 0 Å². The number of nitrogens with one attached hydrogen (secondary N) is 2. The van der Waals surface area contributed by atoms with E-state index in [0.29, 0.717) is 0 Å². The predicted octanol–water partition coefficient (Wildman–Crippen LogP) is 2.03. The first kappa shape index (κ1) is 14.1. The molecule has 1 saturated heterocycles. The molecule has 1 aliphatic rings. The van der Waals surface area contributed by atoms with Crippen LogP contribution in [0.1, 0.15) is 33.3 Å². The SMILES string of the molecule is CNc1cc(B2OC(C)(C)C(C)(C)O2)ccc1C=N. The molecule has 0 atom stereocenters. The molecule has 0 saturated carbocycles. The van der Waals surface area contributed by atoms with Crippen molar-refractivity contribution < 1.29 is 9.31 Å². The molecule has 1 aromatic rings. The van der Waals surface area contributed by atoms with Crippen molar-refractivity contribution in [2.75, 3.05) is 12.4 Å². The lowest BCUT2D eigenvalue weighted by Crippen LogP contribution is -2.41. The van der Waals surface area contributed by atoms with E-state index in [1.54, 1.807) is 0 Å². The molecule has 2 N–H and O–H groups in total. The zero-order chi connectivity index (χ0) is 14.3. The van der Waals surface area contributed by atoms with Crippen LogP contribution in [0.15, 0.2) is 18.2 Å². The molecule has 1 aliphatic heterocycles. The van der Waals surface area contributed by atoms with Crippen LogP contribution in [0.4, 0.5) is 5.69 Å². The summed E-state index contributed by atoms with van der Waals surface area (Å²) in [5, 5.41) is 10.5. The quantitative estimate of drug-likeness (QED) is 0.645. The second-order valence-corrected chi connectivity index (χ2v) is 5.83. The minimum Gasteiger partial charge on any atom is -0.399 e. The smallest absolute Gasteiger partial charge is 0.399 e. The van der Waals surface area contributed by atoms with Gasteiger partial charge in [-0.05, 0) is 39.2 Å². The van der Waals surface area contributed by atoms with Crippen LogP contribution in [-0.2, 0) is 9.31 Å². The van der Waals surface area contributed by atoms with Gasteiger partial charge in [-0.1, -0.05) is 12.1 Å². The Morgan fingerprint density at radius 3 is 2.21 bits per heavy atom. The average Bonchev–Trinajstić information content (AvgIpc) is 2.57. The highest BCUT2D eigenvalue weighted by molar-refractivity contribution is 6.62. The highest BCUT2D eigenvalue weighted by atomic mass is 16.7. The number of hydrogen-bond acceptors (Lipinski definition) is 4. The molecule has 0 bridgehead atoms. The van der Waals surface area contributed by atoms with E-state index in [4.69, 9.17) is 14.7 Å². The Morgan fingerprint density at radius 2 is 1.74 bits per heavy atom. The largest absolute Gasteiger partial charge is 0.494 e. The van der Waals surface area contributed by atoms with Gasteiger partial charge >= 0.3 is 7.12 Å². The van der Waals surface area contributed by atoms with Crippen LogP contribution in [-0.4, -0.2) is 31.6 Å². The van der Waals surface area contributed by atoms with Gasteiger partial charge in [0.1, 0.15) is 0 Å². The van der Waals surface area contributed by atoms with E-state index in [9.17, 15) is 0 Å². The standard InChI is InChI=1S/C14H21BN2O2/c1-13(2)14(3,4)19-15(18-13)11-7-6-10(9-16)12(8-11)17-5/h6-9,16-17H,1-5H3. The Balaban J connectivity index is 2.32. The summed E-state index contributed by atoms with van der Waals surface area (Å²) in [4.78, 5) is 0. The van der Waals surface area contributed by atoms with Crippen molar-refractivity contribution in [3.05, 3.63) is 23.8 Å². The van der Waals surface area contributed by atoms with Crippen LogP contribution in [0.5, 0.6) is 0 Å². The minimum absolute atomic E-state index is 0.336. The summed E-state index contributed by atoms with van der Waals surface area (Å²) < 4.78 is 12.0. The molecular weight excluding hydrogens is 239 g/mol. The zero-order valence-corrected chi connectivity index (χ0v) is 12.2. The van der Waals surface area contributed by atoms with E-state index in [-0.39, 0.29) is 18.3 Å². The van der Waals surface area contributed by atoms with E-state index in [2.05, 4.69) is 5.32 Å². The van der Waals surface area contributed by atoms with Gasteiger partial charge in [-0.3, -0.25) is 0 Å². The second kappa shape index (κ2) is 4.65. The van der Waals surface area contributed by atoms with E-state index in [1.807, 2.05) is 52.9 Å². The minimum atomic E-state index is -0.364. The van der Waals surface area contributed by atoms with Gasteiger partial charge in [-0.25, -0.2) is 0 Å². The third-order valence-corrected chi connectivity index (χ3v) is 4.03. The van der Waals surface area contributed by atoms with Gasteiger partial charge in [0.05, 0.1) is 11.2 Å². The number of anilines is 1. The summed E-state index contributed by atoms with van der Waals surface area (Å²) >= 11 is 0. The number of rotatable bonds is 3. The molecule has 19 heavy (non-hydrogen) atoms. The third-order valence-electron chi connectivity index (χ3n) is 4.03. The highest BCUT2D eigenvalue weighted by Crippen LogP contribution is 2.36. The summed E-state index contributed by atoms with van der Waals surface area (Å²) in [5.41, 5.74) is 2.05. The van der Waals surface area contributed by atoms with E-state index < -0.39 is 0 Å². The number of hydrogen-bond donors (Lipinski definition) is 2. The molecule has 0 amide bonds. The molecule has 0 aromatic heterocycles. The van der Waals surface area contributed by atoms with Gasteiger partial charge in [0, 0.05) is 24.5 Å². The summed E-state index contributed by atoms with van der Waals surface area (Å²) in [5.74, 6) is 0. The van der Waals surface area contributed by atoms with Gasteiger partial charge in [-0.15, -0.1) is 0 Å². The second-order valence-electron chi connectivity index (χ2n) is 5.83. The lowest BCUT2D eigenvalue weighted by molar-refractivity contribution is 0.00578. The normalized spacial score (nSPS) is 20.4. The Kier molecular flexibility index (Phi) is 3.45. The third kappa shape index (κ3) is 2.40. The summed E-state index contributed by atoms with van der Waals surface area (Å²) in [6.45, 7) is 8.16. The molecule has 0 radical (unpaired) electrons. The molecule has 0 aliphatic carbocycles. The van der Waals surface area contributed by atoms with Gasteiger partial charge in [-0.2, -0.15) is 0 Å². The van der Waals surface area contributed by atoms with Gasteiger partial charge in [0.15, 0.2) is 0 Å². The molecule has 0 spiro atoms. The topological polar surface area (TPSA) is 54.3 Å². The lowest BCUT2D eigenvalue weighted by Gasteiger charge is -2.32. The first-order valence-corrected chi connectivity index (χ1v) is 6.48. The van der Waals surface area contributed by atoms with Crippen molar-refractivity contribution >= 4 is 24.5 Å². The maximum absolute atomic E-state index is 7.37. The molecule has 5 heteroatoms. The Labute approximate surface area is 115 Å². The Bertz CT molecular complexity index is 484. The lowest BCUT2D eigenvalue weighted by atomic mass is 9.78. The summed E-state index contributed by atoms with van der Waals surface area (Å²) in [6.07, 6.45) is 1.33.